The zero-order chi connectivity index (χ0) is 27.7. The minimum Gasteiger partial charge on any atom is -0.460 e. The first-order valence-electron chi connectivity index (χ1n) is 12.8. The van der Waals surface area contributed by atoms with Crippen molar-refractivity contribution in [3.8, 4) is 11.8 Å². The molecule has 1 aliphatic rings. The van der Waals surface area contributed by atoms with Gasteiger partial charge in [-0.2, -0.15) is 0 Å². The Labute approximate surface area is 218 Å². The number of esters is 1. The van der Waals surface area contributed by atoms with Gasteiger partial charge in [0.15, 0.2) is 5.78 Å². The summed E-state index contributed by atoms with van der Waals surface area (Å²) >= 11 is 0. The van der Waals surface area contributed by atoms with Gasteiger partial charge in [-0.3, -0.25) is 9.59 Å². The molecule has 0 heterocycles. The van der Waals surface area contributed by atoms with E-state index in [1.54, 1.807) is 13.8 Å². The van der Waals surface area contributed by atoms with Crippen molar-refractivity contribution in [2.45, 2.75) is 94.8 Å². The molecule has 2 rings (SSSR count). The Morgan fingerprint density at radius 3 is 1.75 bits per heavy atom. The number of rotatable bonds is 5. The first-order valence-corrected chi connectivity index (χ1v) is 12.8. The number of hydrogen-bond acceptors (Lipinski definition) is 4. The standard InChI is InChI=1S/C32H44O4/c1-12-32(19-24(28(2,3)4)26(33)25(20-32)29(5,6)7)31(10,11)27(34)36-21-23-15-13-22(14-16-23)17-18-30(8,9)35/h13-16,19-20,35H,12,21H2,1-11H3. The van der Waals surface area contributed by atoms with Crippen LogP contribution in [0.3, 0.4) is 0 Å². The summed E-state index contributed by atoms with van der Waals surface area (Å²) in [6.45, 7) is 21.6. The third-order valence-electron chi connectivity index (χ3n) is 7.00. The van der Waals surface area contributed by atoms with E-state index in [2.05, 4.69) is 18.8 Å². The van der Waals surface area contributed by atoms with Gasteiger partial charge in [0, 0.05) is 22.1 Å². The second kappa shape index (κ2) is 10.0. The molecule has 0 unspecified atom stereocenters. The van der Waals surface area contributed by atoms with Crippen LogP contribution < -0.4 is 0 Å². The Bertz CT molecular complexity index is 1080. The van der Waals surface area contributed by atoms with Gasteiger partial charge in [-0.1, -0.05) is 84.6 Å². The number of carbonyl (C=O) groups excluding carboxylic acids is 2. The maximum atomic E-state index is 13.6. The molecule has 0 bridgehead atoms. The average Bonchev–Trinajstić information content (AvgIpc) is 2.74. The van der Waals surface area contributed by atoms with Gasteiger partial charge in [-0.15, -0.1) is 0 Å². The highest BCUT2D eigenvalue weighted by molar-refractivity contribution is 6.11. The number of aliphatic hydroxyl groups is 1. The fraction of sp³-hybridized carbons (Fsp3) is 0.562. The number of allylic oxidation sites excluding steroid dienone is 4. The highest BCUT2D eigenvalue weighted by Crippen LogP contribution is 2.53. The van der Waals surface area contributed by atoms with E-state index in [4.69, 9.17) is 4.74 Å². The van der Waals surface area contributed by atoms with Crippen molar-refractivity contribution in [1.82, 2.24) is 0 Å². The molecule has 4 heteroatoms. The Morgan fingerprint density at radius 1 is 0.889 bits per heavy atom. The Balaban J connectivity index is 2.37. The van der Waals surface area contributed by atoms with Crippen molar-refractivity contribution >= 4 is 11.8 Å². The summed E-state index contributed by atoms with van der Waals surface area (Å²) in [5.41, 5.74) is -0.163. The summed E-state index contributed by atoms with van der Waals surface area (Å²) in [4.78, 5) is 27.0. The minimum absolute atomic E-state index is 0.0658. The maximum Gasteiger partial charge on any atom is 0.313 e. The van der Waals surface area contributed by atoms with Crippen molar-refractivity contribution < 1.29 is 19.4 Å². The Morgan fingerprint density at radius 2 is 1.36 bits per heavy atom. The lowest BCUT2D eigenvalue weighted by atomic mass is 9.57. The van der Waals surface area contributed by atoms with Crippen LogP contribution in [0.4, 0.5) is 0 Å². The SMILES string of the molecule is CCC1(C(C)(C)C(=O)OCc2ccc(C#CC(C)(C)O)cc2)C=C(C(C)(C)C)C(=O)C(C(C)(C)C)=C1. The molecule has 36 heavy (non-hydrogen) atoms. The lowest BCUT2D eigenvalue weighted by Crippen LogP contribution is -2.46. The minimum atomic E-state index is -1.05. The molecular weight excluding hydrogens is 448 g/mol. The third-order valence-corrected chi connectivity index (χ3v) is 7.00. The Kier molecular flexibility index (Phi) is 8.23. The summed E-state index contributed by atoms with van der Waals surface area (Å²) in [7, 11) is 0. The largest absolute Gasteiger partial charge is 0.460 e. The van der Waals surface area contributed by atoms with Crippen molar-refractivity contribution in [1.29, 1.82) is 0 Å². The van der Waals surface area contributed by atoms with Gasteiger partial charge in [0.25, 0.3) is 0 Å². The van der Waals surface area contributed by atoms with E-state index in [1.807, 2.05) is 91.8 Å². The fourth-order valence-electron chi connectivity index (χ4n) is 4.38. The lowest BCUT2D eigenvalue weighted by molar-refractivity contribution is -0.160. The summed E-state index contributed by atoms with van der Waals surface area (Å²) in [5.74, 6) is 5.49. The normalized spacial score (nSPS) is 16.5. The van der Waals surface area contributed by atoms with Crippen molar-refractivity contribution in [3.63, 3.8) is 0 Å². The highest BCUT2D eigenvalue weighted by Gasteiger charge is 2.51. The molecule has 0 spiro atoms. The zero-order valence-electron chi connectivity index (χ0n) is 24.1. The predicted octanol–water partition coefficient (Wildman–Crippen LogP) is 6.80. The molecular formula is C32H44O4. The second-order valence-electron chi connectivity index (χ2n) is 13.0. The molecule has 0 amide bonds. The van der Waals surface area contributed by atoms with E-state index in [9.17, 15) is 14.7 Å². The van der Waals surface area contributed by atoms with Crippen LogP contribution in [-0.4, -0.2) is 22.5 Å². The van der Waals surface area contributed by atoms with Crippen LogP contribution >= 0.6 is 0 Å². The number of benzene rings is 1. The number of carbonyl (C=O) groups is 2. The van der Waals surface area contributed by atoms with Gasteiger partial charge in [0.2, 0.25) is 0 Å². The molecule has 4 nitrogen and oxygen atoms in total. The van der Waals surface area contributed by atoms with E-state index < -0.39 is 16.4 Å². The molecule has 0 atom stereocenters. The van der Waals surface area contributed by atoms with Crippen molar-refractivity contribution in [3.05, 3.63) is 58.7 Å². The summed E-state index contributed by atoms with van der Waals surface area (Å²) in [6, 6.07) is 7.45. The van der Waals surface area contributed by atoms with E-state index in [1.165, 1.54) is 0 Å². The molecule has 0 aromatic heterocycles. The van der Waals surface area contributed by atoms with Crippen molar-refractivity contribution in [2.75, 3.05) is 0 Å². The molecule has 0 saturated carbocycles. The Hall–Kier alpha value is -2.64. The highest BCUT2D eigenvalue weighted by atomic mass is 16.5. The van der Waals surface area contributed by atoms with Crippen LogP contribution in [-0.2, 0) is 20.9 Å². The van der Waals surface area contributed by atoms with Crippen LogP contribution in [0.15, 0.2) is 47.6 Å². The topological polar surface area (TPSA) is 63.6 Å². The van der Waals surface area contributed by atoms with Crippen LogP contribution in [0, 0.1) is 33.5 Å². The van der Waals surface area contributed by atoms with Gasteiger partial charge >= 0.3 is 5.97 Å². The van der Waals surface area contributed by atoms with E-state index >= 15 is 0 Å². The van der Waals surface area contributed by atoms with Gasteiger partial charge in [-0.05, 0) is 62.6 Å². The van der Waals surface area contributed by atoms with Gasteiger partial charge < -0.3 is 9.84 Å². The third kappa shape index (κ3) is 6.56. The average molecular weight is 493 g/mol. The first-order chi connectivity index (χ1) is 16.2. The molecule has 196 valence electrons. The first kappa shape index (κ1) is 29.6. The molecule has 1 aromatic carbocycles. The van der Waals surface area contributed by atoms with Crippen LogP contribution in [0.25, 0.3) is 0 Å². The molecule has 1 aromatic rings. The molecule has 0 fully saturated rings. The fourth-order valence-corrected chi connectivity index (χ4v) is 4.38. The maximum absolute atomic E-state index is 13.6. The van der Waals surface area contributed by atoms with Crippen LogP contribution in [0.5, 0.6) is 0 Å². The monoisotopic (exact) mass is 492 g/mol. The van der Waals surface area contributed by atoms with Crippen LogP contribution in [0.2, 0.25) is 0 Å². The van der Waals surface area contributed by atoms with Crippen molar-refractivity contribution in [2.24, 2.45) is 21.7 Å². The number of hydrogen-bond donors (Lipinski definition) is 1. The summed E-state index contributed by atoms with van der Waals surface area (Å²) in [5, 5.41) is 9.78. The molecule has 0 saturated heterocycles. The van der Waals surface area contributed by atoms with E-state index in [0.717, 1.165) is 22.3 Å². The molecule has 0 aliphatic heterocycles. The number of Topliss-reactive ketones (excluding diaryl/α,β-unsaturated/α-hetero) is 1. The van der Waals surface area contributed by atoms with E-state index in [0.29, 0.717) is 6.42 Å². The predicted molar refractivity (Wildman–Crippen MR) is 146 cm³/mol. The number of ketones is 1. The number of ether oxygens (including phenoxy) is 1. The smallest absolute Gasteiger partial charge is 0.313 e. The second-order valence-corrected chi connectivity index (χ2v) is 13.0. The molecule has 0 radical (unpaired) electrons. The summed E-state index contributed by atoms with van der Waals surface area (Å²) in [6.07, 6.45) is 4.72. The van der Waals surface area contributed by atoms with Gasteiger partial charge in [0.05, 0.1) is 5.41 Å². The quantitative estimate of drug-likeness (QED) is 0.362. The summed E-state index contributed by atoms with van der Waals surface area (Å²) < 4.78 is 5.84. The lowest BCUT2D eigenvalue weighted by Gasteiger charge is -2.46. The molecule has 1 aliphatic carbocycles. The van der Waals surface area contributed by atoms with Gasteiger partial charge in [-0.25, -0.2) is 0 Å². The zero-order valence-corrected chi connectivity index (χ0v) is 24.1. The molecule has 1 N–H and O–H groups in total. The van der Waals surface area contributed by atoms with Gasteiger partial charge in [0.1, 0.15) is 12.2 Å². The van der Waals surface area contributed by atoms with Crippen LogP contribution in [0.1, 0.15) is 93.7 Å². The van der Waals surface area contributed by atoms with E-state index in [-0.39, 0.29) is 29.2 Å².